The monoisotopic (exact) mass is 454 g/mol. The standard InChI is InChI=1S/C23H26N4O2S2/c1-16(22(28)25-19-9-5-6-10-20(19)30-2)31-23-17-7-3-4-8-18(17)24-21(26-23)15-27-11-13-29-14-12-27/h3-10,16H,11-15H2,1-2H3,(H,25,28). The third-order valence-electron chi connectivity index (χ3n) is 5.11. The number of benzene rings is 2. The van der Waals surface area contributed by atoms with Gasteiger partial charge in [0, 0.05) is 23.4 Å². The van der Waals surface area contributed by atoms with Crippen LogP contribution in [0.4, 0.5) is 5.69 Å². The number of amides is 1. The molecule has 4 rings (SSSR count). The highest BCUT2D eigenvalue weighted by Crippen LogP contribution is 2.31. The molecule has 1 unspecified atom stereocenters. The zero-order valence-corrected chi connectivity index (χ0v) is 19.3. The summed E-state index contributed by atoms with van der Waals surface area (Å²) in [6.07, 6.45) is 2.01. The van der Waals surface area contributed by atoms with E-state index in [9.17, 15) is 4.79 Å². The number of para-hydroxylation sites is 2. The molecule has 1 saturated heterocycles. The fourth-order valence-corrected chi connectivity index (χ4v) is 4.93. The molecule has 3 aromatic rings. The molecule has 8 heteroatoms. The molecule has 6 nitrogen and oxygen atoms in total. The normalized spacial score (nSPS) is 15.7. The average molecular weight is 455 g/mol. The summed E-state index contributed by atoms with van der Waals surface area (Å²) in [5, 5.41) is 4.58. The van der Waals surface area contributed by atoms with Crippen molar-refractivity contribution in [3.8, 4) is 0 Å². The summed E-state index contributed by atoms with van der Waals surface area (Å²) in [6.45, 7) is 5.84. The van der Waals surface area contributed by atoms with Crippen molar-refractivity contribution in [2.24, 2.45) is 0 Å². The van der Waals surface area contributed by atoms with E-state index in [1.54, 1.807) is 11.8 Å². The van der Waals surface area contributed by atoms with Crippen LogP contribution in [0.1, 0.15) is 12.7 Å². The topological polar surface area (TPSA) is 67.4 Å². The van der Waals surface area contributed by atoms with Crippen LogP contribution in [0.15, 0.2) is 58.5 Å². The van der Waals surface area contributed by atoms with Crippen LogP contribution in [0.25, 0.3) is 10.9 Å². The number of morpholine rings is 1. The summed E-state index contributed by atoms with van der Waals surface area (Å²) in [5.74, 6) is 0.743. The second-order valence-electron chi connectivity index (χ2n) is 7.30. The second-order valence-corrected chi connectivity index (χ2v) is 9.48. The van der Waals surface area contributed by atoms with E-state index in [0.717, 1.165) is 58.6 Å². The molecule has 1 N–H and O–H groups in total. The van der Waals surface area contributed by atoms with E-state index in [4.69, 9.17) is 14.7 Å². The van der Waals surface area contributed by atoms with Crippen molar-refractivity contribution in [2.45, 2.75) is 28.6 Å². The van der Waals surface area contributed by atoms with Crippen molar-refractivity contribution in [3.05, 3.63) is 54.4 Å². The predicted octanol–water partition coefficient (Wildman–Crippen LogP) is 4.30. The number of fused-ring (bicyclic) bond motifs is 1. The Labute approximate surface area is 191 Å². The Morgan fingerprint density at radius 3 is 2.68 bits per heavy atom. The maximum absolute atomic E-state index is 12.9. The van der Waals surface area contributed by atoms with E-state index in [1.165, 1.54) is 11.8 Å². The van der Waals surface area contributed by atoms with Crippen LogP contribution in [0.5, 0.6) is 0 Å². The largest absolute Gasteiger partial charge is 0.379 e. The second kappa shape index (κ2) is 10.5. The van der Waals surface area contributed by atoms with Crippen LogP contribution < -0.4 is 5.32 Å². The molecule has 0 aliphatic carbocycles. The summed E-state index contributed by atoms with van der Waals surface area (Å²) in [6, 6.07) is 15.8. The molecule has 0 bridgehead atoms. The van der Waals surface area contributed by atoms with E-state index < -0.39 is 0 Å². The van der Waals surface area contributed by atoms with Gasteiger partial charge in [-0.1, -0.05) is 42.1 Å². The van der Waals surface area contributed by atoms with E-state index in [-0.39, 0.29) is 11.2 Å². The number of carbonyl (C=O) groups is 1. The molecule has 0 radical (unpaired) electrons. The van der Waals surface area contributed by atoms with Gasteiger partial charge in [0.1, 0.15) is 10.9 Å². The van der Waals surface area contributed by atoms with Gasteiger partial charge in [0.2, 0.25) is 5.91 Å². The smallest absolute Gasteiger partial charge is 0.237 e. The number of nitrogens with one attached hydrogen (secondary N) is 1. The fraction of sp³-hybridized carbons (Fsp3) is 0.348. The highest BCUT2D eigenvalue weighted by molar-refractivity contribution is 8.00. The van der Waals surface area contributed by atoms with Gasteiger partial charge in [-0.3, -0.25) is 9.69 Å². The molecule has 2 aromatic carbocycles. The van der Waals surface area contributed by atoms with Gasteiger partial charge in [-0.15, -0.1) is 11.8 Å². The highest BCUT2D eigenvalue weighted by atomic mass is 32.2. The molecule has 1 aliphatic rings. The minimum absolute atomic E-state index is 0.0380. The van der Waals surface area contributed by atoms with Gasteiger partial charge in [-0.05, 0) is 31.4 Å². The molecule has 1 amide bonds. The van der Waals surface area contributed by atoms with Crippen molar-refractivity contribution in [3.63, 3.8) is 0 Å². The Hall–Kier alpha value is -2.13. The SMILES string of the molecule is CSc1ccccc1NC(=O)C(C)Sc1nc(CN2CCOCC2)nc2ccccc12. The molecule has 1 aliphatic heterocycles. The lowest BCUT2D eigenvalue weighted by Crippen LogP contribution is -2.36. The summed E-state index contributed by atoms with van der Waals surface area (Å²) < 4.78 is 5.44. The first-order chi connectivity index (χ1) is 15.1. The number of hydrogen-bond donors (Lipinski definition) is 1. The number of rotatable bonds is 7. The average Bonchev–Trinajstić information content (AvgIpc) is 2.80. The van der Waals surface area contributed by atoms with Crippen LogP contribution in [-0.2, 0) is 16.1 Å². The number of aromatic nitrogens is 2. The number of carbonyl (C=O) groups excluding carboxylic acids is 1. The van der Waals surface area contributed by atoms with Crippen molar-refractivity contribution in [1.29, 1.82) is 0 Å². The third kappa shape index (κ3) is 5.57. The van der Waals surface area contributed by atoms with Crippen LogP contribution in [0.2, 0.25) is 0 Å². The Balaban J connectivity index is 1.54. The molecule has 31 heavy (non-hydrogen) atoms. The van der Waals surface area contributed by atoms with Crippen LogP contribution in [0, 0.1) is 0 Å². The first-order valence-electron chi connectivity index (χ1n) is 10.3. The summed E-state index contributed by atoms with van der Waals surface area (Å²) in [5.41, 5.74) is 1.75. The maximum atomic E-state index is 12.9. The lowest BCUT2D eigenvalue weighted by molar-refractivity contribution is -0.115. The quantitative estimate of drug-likeness (QED) is 0.422. The summed E-state index contributed by atoms with van der Waals surface area (Å²) >= 11 is 3.09. The first-order valence-corrected chi connectivity index (χ1v) is 12.4. The number of ether oxygens (including phenoxy) is 1. The van der Waals surface area contributed by atoms with E-state index in [2.05, 4.69) is 10.2 Å². The van der Waals surface area contributed by atoms with Crippen LogP contribution in [0.3, 0.4) is 0 Å². The number of nitrogens with zero attached hydrogens (tertiary/aromatic N) is 3. The molecule has 1 atom stereocenters. The third-order valence-corrected chi connectivity index (χ3v) is 7.00. The zero-order valence-electron chi connectivity index (χ0n) is 17.7. The predicted molar refractivity (Wildman–Crippen MR) is 128 cm³/mol. The van der Waals surface area contributed by atoms with E-state index in [0.29, 0.717) is 6.54 Å². The Kier molecular flexibility index (Phi) is 7.45. The van der Waals surface area contributed by atoms with Gasteiger partial charge in [0.15, 0.2) is 0 Å². The maximum Gasteiger partial charge on any atom is 0.237 e. The molecular weight excluding hydrogens is 428 g/mol. The molecule has 0 spiro atoms. The lowest BCUT2D eigenvalue weighted by Gasteiger charge is -2.26. The summed E-state index contributed by atoms with van der Waals surface area (Å²) in [4.78, 5) is 25.9. The van der Waals surface area contributed by atoms with Gasteiger partial charge >= 0.3 is 0 Å². The molecule has 1 fully saturated rings. The van der Waals surface area contributed by atoms with Gasteiger partial charge in [0.05, 0.1) is 36.2 Å². The van der Waals surface area contributed by atoms with Crippen molar-refractivity contribution >= 4 is 46.0 Å². The molecule has 2 heterocycles. The number of anilines is 1. The minimum atomic E-state index is -0.301. The van der Waals surface area contributed by atoms with Gasteiger partial charge in [0.25, 0.3) is 0 Å². The van der Waals surface area contributed by atoms with Gasteiger partial charge in [-0.2, -0.15) is 0 Å². The van der Waals surface area contributed by atoms with Crippen LogP contribution in [-0.4, -0.2) is 58.6 Å². The van der Waals surface area contributed by atoms with Crippen molar-refractivity contribution in [1.82, 2.24) is 14.9 Å². The summed E-state index contributed by atoms with van der Waals surface area (Å²) in [7, 11) is 0. The zero-order chi connectivity index (χ0) is 21.6. The molecule has 1 aromatic heterocycles. The number of thioether (sulfide) groups is 2. The Bertz CT molecular complexity index is 1060. The Morgan fingerprint density at radius 1 is 1.13 bits per heavy atom. The molecule has 0 saturated carbocycles. The van der Waals surface area contributed by atoms with Crippen molar-refractivity contribution in [2.75, 3.05) is 37.9 Å². The highest BCUT2D eigenvalue weighted by Gasteiger charge is 2.20. The first kappa shape index (κ1) is 22.1. The Morgan fingerprint density at radius 2 is 1.87 bits per heavy atom. The van der Waals surface area contributed by atoms with E-state index in [1.807, 2.05) is 61.7 Å². The van der Waals surface area contributed by atoms with Gasteiger partial charge < -0.3 is 10.1 Å². The molecule has 162 valence electrons. The van der Waals surface area contributed by atoms with Crippen molar-refractivity contribution < 1.29 is 9.53 Å². The minimum Gasteiger partial charge on any atom is -0.379 e. The van der Waals surface area contributed by atoms with Gasteiger partial charge in [-0.25, -0.2) is 9.97 Å². The fourth-order valence-electron chi connectivity index (χ4n) is 3.42. The number of hydrogen-bond acceptors (Lipinski definition) is 7. The van der Waals surface area contributed by atoms with Crippen LogP contribution >= 0.6 is 23.5 Å². The molecular formula is C23H26N4O2S2. The lowest BCUT2D eigenvalue weighted by atomic mass is 10.2. The van der Waals surface area contributed by atoms with E-state index >= 15 is 0 Å².